The second kappa shape index (κ2) is 5.32. The smallest absolute Gasteiger partial charge is 0.123 e. The van der Waals surface area contributed by atoms with Gasteiger partial charge in [0.15, 0.2) is 0 Å². The minimum absolute atomic E-state index is 0.211. The first-order valence-electron chi connectivity index (χ1n) is 5.35. The van der Waals surface area contributed by atoms with Crippen LogP contribution in [0.2, 0.25) is 0 Å². The highest BCUT2D eigenvalue weighted by atomic mass is 79.9. The van der Waals surface area contributed by atoms with Crippen LogP contribution in [0.5, 0.6) is 0 Å². The summed E-state index contributed by atoms with van der Waals surface area (Å²) in [5.41, 5.74) is 3.29. The van der Waals surface area contributed by atoms with Crippen LogP contribution < -0.4 is 4.90 Å². The lowest BCUT2D eigenvalue weighted by Crippen LogP contribution is -2.09. The summed E-state index contributed by atoms with van der Waals surface area (Å²) in [5, 5.41) is 0.855. The summed E-state index contributed by atoms with van der Waals surface area (Å²) in [7, 11) is 1.97. The molecule has 0 N–H and O–H groups in total. The second-order valence-corrected chi connectivity index (χ2v) is 4.40. The van der Waals surface area contributed by atoms with E-state index >= 15 is 0 Å². The third-order valence-electron chi connectivity index (χ3n) is 2.69. The monoisotopic (exact) mass is 293 g/mol. The Hall–Kier alpha value is -1.35. The fourth-order valence-corrected chi connectivity index (χ4v) is 2.00. The number of halogens is 2. The molecular formula is C14H13BrFN. The van der Waals surface area contributed by atoms with E-state index in [0.29, 0.717) is 0 Å². The second-order valence-electron chi connectivity index (χ2n) is 3.84. The topological polar surface area (TPSA) is 3.24 Å². The fraction of sp³-hybridized carbons (Fsp3) is 0.143. The van der Waals surface area contributed by atoms with Gasteiger partial charge in [0.1, 0.15) is 5.82 Å². The third kappa shape index (κ3) is 2.86. The van der Waals surface area contributed by atoms with Gasteiger partial charge in [-0.1, -0.05) is 28.1 Å². The van der Waals surface area contributed by atoms with Crippen molar-refractivity contribution in [2.45, 2.75) is 5.33 Å². The maximum Gasteiger partial charge on any atom is 0.123 e. The van der Waals surface area contributed by atoms with Crippen LogP contribution in [-0.2, 0) is 5.33 Å². The molecule has 17 heavy (non-hydrogen) atoms. The average Bonchev–Trinajstić information content (AvgIpc) is 2.39. The standard InChI is InChI=1S/C14H13BrFN/c1-17(14-8-4-12(16)5-9-14)13-6-2-11(10-15)3-7-13/h2-9H,10H2,1H3. The van der Waals surface area contributed by atoms with Gasteiger partial charge in [0.25, 0.3) is 0 Å². The van der Waals surface area contributed by atoms with Crippen molar-refractivity contribution in [3.63, 3.8) is 0 Å². The van der Waals surface area contributed by atoms with Gasteiger partial charge in [-0.2, -0.15) is 0 Å². The van der Waals surface area contributed by atoms with E-state index in [-0.39, 0.29) is 5.82 Å². The van der Waals surface area contributed by atoms with Crippen LogP contribution in [-0.4, -0.2) is 7.05 Å². The van der Waals surface area contributed by atoms with Gasteiger partial charge >= 0.3 is 0 Å². The van der Waals surface area contributed by atoms with Crippen molar-refractivity contribution in [3.05, 3.63) is 59.9 Å². The van der Waals surface area contributed by atoms with E-state index in [1.807, 2.05) is 11.9 Å². The predicted octanol–water partition coefficient (Wildman–Crippen LogP) is 4.49. The molecule has 0 saturated heterocycles. The molecule has 0 bridgehead atoms. The molecule has 0 atom stereocenters. The van der Waals surface area contributed by atoms with Crippen molar-refractivity contribution < 1.29 is 4.39 Å². The van der Waals surface area contributed by atoms with Crippen molar-refractivity contribution in [1.82, 2.24) is 0 Å². The molecule has 0 spiro atoms. The highest BCUT2D eigenvalue weighted by Crippen LogP contribution is 2.24. The quantitative estimate of drug-likeness (QED) is 0.754. The van der Waals surface area contributed by atoms with Crippen LogP contribution in [0, 0.1) is 5.82 Å². The van der Waals surface area contributed by atoms with Gasteiger partial charge in [0.2, 0.25) is 0 Å². The van der Waals surface area contributed by atoms with Gasteiger partial charge in [0, 0.05) is 23.8 Å². The normalized spacial score (nSPS) is 10.3. The molecule has 0 aliphatic heterocycles. The number of anilines is 2. The largest absolute Gasteiger partial charge is 0.345 e. The zero-order chi connectivity index (χ0) is 12.3. The fourth-order valence-electron chi connectivity index (χ4n) is 1.62. The van der Waals surface area contributed by atoms with Crippen molar-refractivity contribution in [3.8, 4) is 0 Å². The van der Waals surface area contributed by atoms with Crippen LogP contribution in [0.3, 0.4) is 0 Å². The lowest BCUT2D eigenvalue weighted by atomic mass is 10.2. The zero-order valence-electron chi connectivity index (χ0n) is 9.53. The van der Waals surface area contributed by atoms with Crippen LogP contribution in [0.4, 0.5) is 15.8 Å². The summed E-state index contributed by atoms with van der Waals surface area (Å²) in [6.07, 6.45) is 0. The summed E-state index contributed by atoms with van der Waals surface area (Å²) in [4.78, 5) is 2.03. The molecule has 2 rings (SSSR count). The molecule has 0 aromatic heterocycles. The van der Waals surface area contributed by atoms with Gasteiger partial charge in [-0.15, -0.1) is 0 Å². The Bertz CT molecular complexity index is 479. The first kappa shape index (κ1) is 12.1. The molecule has 0 amide bonds. The lowest BCUT2D eigenvalue weighted by molar-refractivity contribution is 0.628. The van der Waals surface area contributed by atoms with Crippen LogP contribution in [0.1, 0.15) is 5.56 Å². The van der Waals surface area contributed by atoms with Crippen LogP contribution in [0.15, 0.2) is 48.5 Å². The van der Waals surface area contributed by atoms with E-state index in [2.05, 4.69) is 40.2 Å². The molecule has 2 aromatic carbocycles. The number of hydrogen-bond acceptors (Lipinski definition) is 1. The van der Waals surface area contributed by atoms with Crippen molar-refractivity contribution in [1.29, 1.82) is 0 Å². The lowest BCUT2D eigenvalue weighted by Gasteiger charge is -2.19. The van der Waals surface area contributed by atoms with E-state index in [9.17, 15) is 4.39 Å². The molecule has 3 heteroatoms. The molecule has 0 heterocycles. The van der Waals surface area contributed by atoms with Gasteiger partial charge in [-0.3, -0.25) is 0 Å². The minimum Gasteiger partial charge on any atom is -0.345 e. The Morgan fingerprint density at radius 1 is 0.941 bits per heavy atom. The Kier molecular flexibility index (Phi) is 3.79. The van der Waals surface area contributed by atoms with Crippen molar-refractivity contribution >= 4 is 27.3 Å². The van der Waals surface area contributed by atoms with E-state index in [1.54, 1.807) is 12.1 Å². The van der Waals surface area contributed by atoms with Gasteiger partial charge < -0.3 is 4.90 Å². The molecule has 0 radical (unpaired) electrons. The Morgan fingerprint density at radius 2 is 1.41 bits per heavy atom. The van der Waals surface area contributed by atoms with E-state index < -0.39 is 0 Å². The maximum atomic E-state index is 12.8. The van der Waals surface area contributed by atoms with E-state index in [0.717, 1.165) is 16.7 Å². The highest BCUT2D eigenvalue weighted by molar-refractivity contribution is 9.08. The highest BCUT2D eigenvalue weighted by Gasteiger charge is 2.03. The first-order valence-corrected chi connectivity index (χ1v) is 6.47. The summed E-state index contributed by atoms with van der Waals surface area (Å²) >= 11 is 3.42. The molecule has 1 nitrogen and oxygen atoms in total. The van der Waals surface area contributed by atoms with Crippen molar-refractivity contribution in [2.75, 3.05) is 11.9 Å². The van der Waals surface area contributed by atoms with Gasteiger partial charge in [0.05, 0.1) is 0 Å². The number of nitrogens with zero attached hydrogens (tertiary/aromatic N) is 1. The van der Waals surface area contributed by atoms with Crippen LogP contribution in [0.25, 0.3) is 0 Å². The molecule has 0 aliphatic rings. The van der Waals surface area contributed by atoms with Crippen molar-refractivity contribution in [2.24, 2.45) is 0 Å². The Morgan fingerprint density at radius 3 is 1.88 bits per heavy atom. The molecule has 0 fully saturated rings. The maximum absolute atomic E-state index is 12.8. The van der Waals surface area contributed by atoms with Crippen LogP contribution >= 0.6 is 15.9 Å². The summed E-state index contributed by atoms with van der Waals surface area (Å²) in [6, 6.07) is 14.7. The Balaban J connectivity index is 2.23. The molecular weight excluding hydrogens is 281 g/mol. The van der Waals surface area contributed by atoms with E-state index in [4.69, 9.17) is 0 Å². The summed E-state index contributed by atoms with van der Waals surface area (Å²) in [6.45, 7) is 0. The van der Waals surface area contributed by atoms with Gasteiger partial charge in [-0.25, -0.2) is 4.39 Å². The summed E-state index contributed by atoms with van der Waals surface area (Å²) < 4.78 is 12.8. The Labute approximate surface area is 109 Å². The molecule has 0 saturated carbocycles. The van der Waals surface area contributed by atoms with E-state index in [1.165, 1.54) is 17.7 Å². The zero-order valence-corrected chi connectivity index (χ0v) is 11.1. The summed E-state index contributed by atoms with van der Waals surface area (Å²) in [5.74, 6) is -0.211. The predicted molar refractivity (Wildman–Crippen MR) is 73.5 cm³/mol. The SMILES string of the molecule is CN(c1ccc(F)cc1)c1ccc(CBr)cc1. The molecule has 2 aromatic rings. The number of benzene rings is 2. The first-order chi connectivity index (χ1) is 8.20. The average molecular weight is 294 g/mol. The third-order valence-corrected chi connectivity index (χ3v) is 3.34. The number of hydrogen-bond donors (Lipinski definition) is 0. The molecule has 88 valence electrons. The molecule has 0 aliphatic carbocycles. The van der Waals surface area contributed by atoms with Gasteiger partial charge in [-0.05, 0) is 42.0 Å². The number of rotatable bonds is 3. The molecule has 0 unspecified atom stereocenters. The minimum atomic E-state index is -0.211. The number of alkyl halides is 1.